The number of carbonyl (C=O) groups excluding carboxylic acids is 1. The van der Waals surface area contributed by atoms with Gasteiger partial charge < -0.3 is 16.2 Å². The second kappa shape index (κ2) is 5.91. The van der Waals surface area contributed by atoms with Crippen molar-refractivity contribution in [1.82, 2.24) is 0 Å². The highest BCUT2D eigenvalue weighted by Crippen LogP contribution is 2.10. The van der Waals surface area contributed by atoms with E-state index in [0.717, 1.165) is 11.1 Å². The molecule has 0 amide bonds. The van der Waals surface area contributed by atoms with Crippen molar-refractivity contribution in [2.45, 2.75) is 6.61 Å². The Morgan fingerprint density at radius 2 is 1.47 bits per heavy atom. The highest BCUT2D eigenvalue weighted by atomic mass is 16.5. The number of esters is 1. The number of rotatable bonds is 4. The average molecular weight is 255 g/mol. The number of benzene rings is 2. The van der Waals surface area contributed by atoms with Crippen LogP contribution in [0.15, 0.2) is 48.5 Å². The van der Waals surface area contributed by atoms with Crippen molar-refractivity contribution < 1.29 is 9.53 Å². The van der Waals surface area contributed by atoms with E-state index >= 15 is 0 Å². The second-order valence-electron chi connectivity index (χ2n) is 4.16. The highest BCUT2D eigenvalue weighted by Gasteiger charge is 2.05. The molecule has 2 aromatic carbocycles. The second-order valence-corrected chi connectivity index (χ2v) is 4.16. The molecule has 0 atom stereocenters. The summed E-state index contributed by atoms with van der Waals surface area (Å²) >= 11 is 0. The van der Waals surface area contributed by atoms with E-state index in [1.807, 2.05) is 12.1 Å². The Labute approximate surface area is 112 Å². The van der Waals surface area contributed by atoms with E-state index < -0.39 is 0 Å². The zero-order valence-electron chi connectivity index (χ0n) is 10.4. The van der Waals surface area contributed by atoms with Gasteiger partial charge in [0.15, 0.2) is 0 Å². The van der Waals surface area contributed by atoms with Gasteiger partial charge in [-0.05, 0) is 35.4 Å². The lowest BCUT2D eigenvalue weighted by atomic mass is 10.1. The predicted octanol–water partition coefficient (Wildman–Crippen LogP) is 2.15. The zero-order valence-corrected chi connectivity index (χ0v) is 10.4. The van der Waals surface area contributed by atoms with E-state index in [1.165, 1.54) is 6.42 Å². The predicted molar refractivity (Wildman–Crippen MR) is 74.9 cm³/mol. The van der Waals surface area contributed by atoms with Crippen LogP contribution in [0.3, 0.4) is 0 Å². The van der Waals surface area contributed by atoms with E-state index in [9.17, 15) is 4.79 Å². The summed E-state index contributed by atoms with van der Waals surface area (Å²) in [4.78, 5) is 11.6. The Morgan fingerprint density at radius 3 is 2.05 bits per heavy atom. The van der Waals surface area contributed by atoms with Gasteiger partial charge in [-0.1, -0.05) is 24.3 Å². The smallest absolute Gasteiger partial charge is 0.314 e. The van der Waals surface area contributed by atoms with Crippen LogP contribution in [0.2, 0.25) is 0 Å². The lowest BCUT2D eigenvalue weighted by Gasteiger charge is -2.05. The quantitative estimate of drug-likeness (QED) is 0.648. The Bertz CT molecular complexity index is 547. The van der Waals surface area contributed by atoms with E-state index in [4.69, 9.17) is 16.2 Å². The Balaban J connectivity index is 1.84. The first-order valence-corrected chi connectivity index (χ1v) is 5.85. The molecular formula is C15H15N2O2. The first kappa shape index (κ1) is 13.0. The maximum absolute atomic E-state index is 11.6. The maximum atomic E-state index is 11.6. The van der Waals surface area contributed by atoms with Crippen LogP contribution in [0.1, 0.15) is 11.1 Å². The third kappa shape index (κ3) is 4.03. The van der Waals surface area contributed by atoms with Crippen molar-refractivity contribution in [3.8, 4) is 0 Å². The van der Waals surface area contributed by atoms with Crippen molar-refractivity contribution >= 4 is 17.3 Å². The van der Waals surface area contributed by atoms with Gasteiger partial charge in [-0.2, -0.15) is 0 Å². The molecule has 2 rings (SSSR count). The number of hydrogen-bond donors (Lipinski definition) is 2. The lowest BCUT2D eigenvalue weighted by Crippen LogP contribution is -2.06. The minimum absolute atomic E-state index is 0.227. The van der Waals surface area contributed by atoms with Crippen molar-refractivity contribution in [2.24, 2.45) is 0 Å². The van der Waals surface area contributed by atoms with Gasteiger partial charge in [-0.25, -0.2) is 0 Å². The first-order chi connectivity index (χ1) is 9.13. The van der Waals surface area contributed by atoms with Crippen molar-refractivity contribution in [2.75, 3.05) is 11.5 Å². The van der Waals surface area contributed by atoms with Crippen molar-refractivity contribution in [1.29, 1.82) is 0 Å². The summed E-state index contributed by atoms with van der Waals surface area (Å²) in [5.74, 6) is -0.387. The summed E-state index contributed by atoms with van der Waals surface area (Å²) in [5, 5.41) is 0. The van der Waals surface area contributed by atoms with Crippen LogP contribution in [-0.2, 0) is 16.1 Å². The Morgan fingerprint density at radius 1 is 0.947 bits per heavy atom. The fourth-order valence-electron chi connectivity index (χ4n) is 1.54. The molecule has 0 saturated heterocycles. The normalized spacial score (nSPS) is 10.1. The van der Waals surface area contributed by atoms with Crippen LogP contribution in [-0.4, -0.2) is 5.97 Å². The summed E-state index contributed by atoms with van der Waals surface area (Å²) in [6, 6.07) is 14.2. The van der Waals surface area contributed by atoms with Gasteiger partial charge in [0.2, 0.25) is 0 Å². The minimum atomic E-state index is -0.387. The van der Waals surface area contributed by atoms with Gasteiger partial charge >= 0.3 is 5.97 Å². The van der Waals surface area contributed by atoms with E-state index in [2.05, 4.69) is 0 Å². The maximum Gasteiger partial charge on any atom is 0.314 e. The van der Waals surface area contributed by atoms with Gasteiger partial charge in [-0.15, -0.1) is 0 Å². The molecule has 0 aliphatic heterocycles. The van der Waals surface area contributed by atoms with Crippen LogP contribution in [0.25, 0.3) is 0 Å². The molecule has 0 saturated carbocycles. The Kier molecular flexibility index (Phi) is 4.03. The number of carbonyl (C=O) groups is 1. The number of hydrogen-bond acceptors (Lipinski definition) is 4. The number of nitrogen functional groups attached to an aromatic ring is 2. The molecule has 4 nitrogen and oxygen atoms in total. The standard InChI is InChI=1S/C15H15N2O2/c16-13-5-1-11(2-6-13)9-15(18)19-10-12-3-7-14(17)8-4-12/h1-9H,10,16-17H2. The molecule has 1 radical (unpaired) electrons. The molecule has 97 valence electrons. The summed E-state index contributed by atoms with van der Waals surface area (Å²) in [5.41, 5.74) is 14.1. The van der Waals surface area contributed by atoms with Crippen LogP contribution >= 0.6 is 0 Å². The van der Waals surface area contributed by atoms with Crippen molar-refractivity contribution in [3.05, 3.63) is 66.1 Å². The van der Waals surface area contributed by atoms with Crippen LogP contribution in [0, 0.1) is 6.42 Å². The summed E-state index contributed by atoms with van der Waals surface area (Å²) in [7, 11) is 0. The largest absolute Gasteiger partial charge is 0.460 e. The third-order valence-corrected chi connectivity index (χ3v) is 2.58. The Hall–Kier alpha value is -2.49. The molecule has 4 heteroatoms. The SMILES string of the molecule is Nc1ccc([CH]C(=O)OCc2ccc(N)cc2)cc1. The fourth-order valence-corrected chi connectivity index (χ4v) is 1.54. The average Bonchev–Trinajstić information content (AvgIpc) is 2.41. The van der Waals surface area contributed by atoms with Gasteiger partial charge in [0.1, 0.15) is 6.61 Å². The number of anilines is 2. The molecule has 2 aromatic rings. The highest BCUT2D eigenvalue weighted by molar-refractivity contribution is 5.83. The van der Waals surface area contributed by atoms with E-state index in [-0.39, 0.29) is 12.6 Å². The first-order valence-electron chi connectivity index (χ1n) is 5.85. The minimum Gasteiger partial charge on any atom is -0.460 e. The summed E-state index contributed by atoms with van der Waals surface area (Å²) < 4.78 is 5.14. The number of ether oxygens (including phenoxy) is 1. The van der Waals surface area contributed by atoms with Gasteiger partial charge in [0, 0.05) is 11.4 Å². The molecule has 0 unspecified atom stereocenters. The molecule has 0 fully saturated rings. The molecular weight excluding hydrogens is 240 g/mol. The fraction of sp³-hybridized carbons (Fsp3) is 0.0667. The van der Waals surface area contributed by atoms with Gasteiger partial charge in [0.25, 0.3) is 0 Å². The van der Waals surface area contributed by atoms with Crippen LogP contribution in [0.4, 0.5) is 11.4 Å². The van der Waals surface area contributed by atoms with Gasteiger partial charge in [0.05, 0.1) is 6.42 Å². The van der Waals surface area contributed by atoms with E-state index in [0.29, 0.717) is 11.4 Å². The molecule has 0 aromatic heterocycles. The molecule has 4 N–H and O–H groups in total. The van der Waals surface area contributed by atoms with Crippen LogP contribution < -0.4 is 11.5 Å². The lowest BCUT2D eigenvalue weighted by molar-refractivity contribution is -0.140. The van der Waals surface area contributed by atoms with Gasteiger partial charge in [-0.3, -0.25) is 4.79 Å². The third-order valence-electron chi connectivity index (χ3n) is 2.58. The number of nitrogens with two attached hydrogens (primary N) is 2. The van der Waals surface area contributed by atoms with Crippen LogP contribution in [0.5, 0.6) is 0 Å². The molecule has 0 heterocycles. The van der Waals surface area contributed by atoms with Crippen molar-refractivity contribution in [3.63, 3.8) is 0 Å². The molecule has 0 bridgehead atoms. The topological polar surface area (TPSA) is 78.3 Å². The molecule has 0 spiro atoms. The zero-order chi connectivity index (χ0) is 13.7. The molecule has 0 aliphatic rings. The van der Waals surface area contributed by atoms with E-state index in [1.54, 1.807) is 36.4 Å². The molecule has 19 heavy (non-hydrogen) atoms. The summed E-state index contributed by atoms with van der Waals surface area (Å²) in [6.07, 6.45) is 1.43. The molecule has 0 aliphatic carbocycles. The monoisotopic (exact) mass is 255 g/mol. The summed E-state index contributed by atoms with van der Waals surface area (Å²) in [6.45, 7) is 0.227.